The van der Waals surface area contributed by atoms with E-state index in [1.54, 1.807) is 0 Å². The number of nitrogens with zero attached hydrogens (tertiary/aromatic N) is 4. The fourth-order valence-electron chi connectivity index (χ4n) is 2.70. The van der Waals surface area contributed by atoms with Crippen LogP contribution in [0.1, 0.15) is 11.4 Å². The molecule has 1 saturated heterocycles. The van der Waals surface area contributed by atoms with Crippen LogP contribution >= 0.6 is 11.6 Å². The Bertz CT molecular complexity index is 616. The van der Waals surface area contributed by atoms with Crippen molar-refractivity contribution < 1.29 is 0 Å². The molecule has 21 heavy (non-hydrogen) atoms. The van der Waals surface area contributed by atoms with E-state index in [1.165, 1.54) is 0 Å². The number of para-hydroxylation sites is 1. The molecule has 4 nitrogen and oxygen atoms in total. The number of benzene rings is 1. The molecule has 0 saturated carbocycles. The molecule has 1 aromatic heterocycles. The zero-order chi connectivity index (χ0) is 14.8. The summed E-state index contributed by atoms with van der Waals surface area (Å²) in [6.07, 6.45) is 0. The second-order valence-corrected chi connectivity index (χ2v) is 5.78. The molecule has 5 heteroatoms. The predicted octanol–water partition coefficient (Wildman–Crippen LogP) is 3.07. The molecule has 2 heterocycles. The summed E-state index contributed by atoms with van der Waals surface area (Å²) in [6.45, 7) is 7.71. The molecule has 0 N–H and O–H groups in total. The summed E-state index contributed by atoms with van der Waals surface area (Å²) in [5.41, 5.74) is 3.15. The van der Waals surface area contributed by atoms with Gasteiger partial charge in [0.25, 0.3) is 0 Å². The van der Waals surface area contributed by atoms with E-state index in [0.717, 1.165) is 54.2 Å². The molecule has 0 amide bonds. The molecule has 0 aliphatic carbocycles. The van der Waals surface area contributed by atoms with Gasteiger partial charge in [0.2, 0.25) is 5.95 Å². The Hall–Kier alpha value is -1.81. The van der Waals surface area contributed by atoms with Gasteiger partial charge in [0, 0.05) is 37.6 Å². The first-order valence-electron chi connectivity index (χ1n) is 7.20. The average molecular weight is 303 g/mol. The van der Waals surface area contributed by atoms with E-state index < -0.39 is 0 Å². The minimum atomic E-state index is 0.814. The van der Waals surface area contributed by atoms with Gasteiger partial charge in [0.05, 0.1) is 10.7 Å². The number of aromatic nitrogens is 2. The maximum atomic E-state index is 6.27. The van der Waals surface area contributed by atoms with Crippen LogP contribution in [0.15, 0.2) is 30.3 Å². The molecular formula is C16H19ClN4. The Morgan fingerprint density at radius 2 is 1.48 bits per heavy atom. The number of anilines is 2. The molecule has 0 radical (unpaired) electrons. The minimum Gasteiger partial charge on any atom is -0.367 e. The Kier molecular flexibility index (Phi) is 3.97. The number of halogens is 1. The molecule has 0 spiro atoms. The molecule has 1 aliphatic heterocycles. The van der Waals surface area contributed by atoms with Crippen LogP contribution in [-0.4, -0.2) is 36.1 Å². The van der Waals surface area contributed by atoms with Crippen LogP contribution in [0.25, 0.3) is 0 Å². The van der Waals surface area contributed by atoms with Crippen molar-refractivity contribution in [2.75, 3.05) is 36.0 Å². The third-order valence-electron chi connectivity index (χ3n) is 3.73. The summed E-state index contributed by atoms with van der Waals surface area (Å²) in [5.74, 6) is 0.839. The Balaban J connectivity index is 1.72. The van der Waals surface area contributed by atoms with Crippen LogP contribution < -0.4 is 9.80 Å². The van der Waals surface area contributed by atoms with Gasteiger partial charge in [-0.3, -0.25) is 0 Å². The van der Waals surface area contributed by atoms with Crippen molar-refractivity contribution >= 4 is 23.2 Å². The predicted molar refractivity (Wildman–Crippen MR) is 87.4 cm³/mol. The first kappa shape index (κ1) is 14.1. The van der Waals surface area contributed by atoms with Crippen LogP contribution in [-0.2, 0) is 0 Å². The number of hydrogen-bond donors (Lipinski definition) is 0. The second-order valence-electron chi connectivity index (χ2n) is 5.38. The lowest BCUT2D eigenvalue weighted by Gasteiger charge is -2.36. The quantitative estimate of drug-likeness (QED) is 0.853. The summed E-state index contributed by atoms with van der Waals surface area (Å²) in [7, 11) is 0. The summed E-state index contributed by atoms with van der Waals surface area (Å²) in [5, 5.41) is 0.814. The topological polar surface area (TPSA) is 32.3 Å². The first-order valence-corrected chi connectivity index (χ1v) is 7.58. The summed E-state index contributed by atoms with van der Waals surface area (Å²) in [4.78, 5) is 13.7. The van der Waals surface area contributed by atoms with Gasteiger partial charge in [-0.25, -0.2) is 9.97 Å². The highest BCUT2D eigenvalue weighted by atomic mass is 35.5. The summed E-state index contributed by atoms with van der Waals surface area (Å²) in [6, 6.07) is 10.0. The highest BCUT2D eigenvalue weighted by Gasteiger charge is 2.20. The van der Waals surface area contributed by atoms with Gasteiger partial charge >= 0.3 is 0 Å². The number of hydrogen-bond acceptors (Lipinski definition) is 4. The van der Waals surface area contributed by atoms with Gasteiger partial charge in [0.1, 0.15) is 0 Å². The van der Waals surface area contributed by atoms with Crippen LogP contribution in [0.2, 0.25) is 5.02 Å². The van der Waals surface area contributed by atoms with Crippen molar-refractivity contribution in [2.45, 2.75) is 13.8 Å². The fraction of sp³-hybridized carbons (Fsp3) is 0.375. The van der Waals surface area contributed by atoms with E-state index in [9.17, 15) is 0 Å². The molecule has 3 rings (SSSR count). The van der Waals surface area contributed by atoms with Crippen LogP contribution in [0.5, 0.6) is 0 Å². The SMILES string of the molecule is Cc1cc(C)nc(N2CCN(c3ccccc3Cl)CC2)n1. The third kappa shape index (κ3) is 3.10. The molecule has 0 bridgehead atoms. The minimum absolute atomic E-state index is 0.814. The van der Waals surface area contributed by atoms with Gasteiger partial charge < -0.3 is 9.80 Å². The molecule has 0 atom stereocenters. The van der Waals surface area contributed by atoms with E-state index in [4.69, 9.17) is 11.6 Å². The Labute approximate surface area is 130 Å². The first-order chi connectivity index (χ1) is 10.1. The monoisotopic (exact) mass is 302 g/mol. The van der Waals surface area contributed by atoms with Gasteiger partial charge in [-0.2, -0.15) is 0 Å². The molecule has 0 unspecified atom stereocenters. The van der Waals surface area contributed by atoms with Gasteiger partial charge in [0.15, 0.2) is 0 Å². The highest BCUT2D eigenvalue weighted by molar-refractivity contribution is 6.33. The van der Waals surface area contributed by atoms with Gasteiger partial charge in [-0.05, 0) is 32.0 Å². The lowest BCUT2D eigenvalue weighted by molar-refractivity contribution is 0.638. The normalized spacial score (nSPS) is 15.4. The average Bonchev–Trinajstić information content (AvgIpc) is 2.47. The maximum absolute atomic E-state index is 6.27. The number of aryl methyl sites for hydroxylation is 2. The van der Waals surface area contributed by atoms with E-state index in [2.05, 4.69) is 25.8 Å². The molecule has 1 fully saturated rings. The van der Waals surface area contributed by atoms with Crippen LogP contribution in [0, 0.1) is 13.8 Å². The summed E-state index contributed by atoms with van der Waals surface area (Å²) < 4.78 is 0. The largest absolute Gasteiger partial charge is 0.367 e. The van der Waals surface area contributed by atoms with Crippen molar-refractivity contribution in [3.8, 4) is 0 Å². The summed E-state index contributed by atoms with van der Waals surface area (Å²) >= 11 is 6.27. The standard InChI is InChI=1S/C16H19ClN4/c1-12-11-13(2)19-16(18-12)21-9-7-20(8-10-21)15-6-4-3-5-14(15)17/h3-6,11H,7-10H2,1-2H3. The zero-order valence-corrected chi connectivity index (χ0v) is 13.1. The van der Waals surface area contributed by atoms with Gasteiger partial charge in [-0.15, -0.1) is 0 Å². The zero-order valence-electron chi connectivity index (χ0n) is 12.4. The van der Waals surface area contributed by atoms with Crippen LogP contribution in [0.3, 0.4) is 0 Å². The maximum Gasteiger partial charge on any atom is 0.225 e. The van der Waals surface area contributed by atoms with Crippen molar-refractivity contribution in [1.29, 1.82) is 0 Å². The molecular weight excluding hydrogens is 284 g/mol. The molecule has 2 aromatic rings. The van der Waals surface area contributed by atoms with Crippen molar-refractivity contribution in [2.24, 2.45) is 0 Å². The van der Waals surface area contributed by atoms with Crippen LogP contribution in [0.4, 0.5) is 11.6 Å². The van der Waals surface area contributed by atoms with Gasteiger partial charge in [-0.1, -0.05) is 23.7 Å². The fourth-order valence-corrected chi connectivity index (χ4v) is 2.96. The number of rotatable bonds is 2. The molecule has 1 aromatic carbocycles. The van der Waals surface area contributed by atoms with E-state index >= 15 is 0 Å². The lowest BCUT2D eigenvalue weighted by atomic mass is 10.2. The second kappa shape index (κ2) is 5.90. The van der Waals surface area contributed by atoms with Crippen molar-refractivity contribution in [3.63, 3.8) is 0 Å². The Morgan fingerprint density at radius 1 is 0.905 bits per heavy atom. The smallest absolute Gasteiger partial charge is 0.225 e. The van der Waals surface area contributed by atoms with E-state index in [-0.39, 0.29) is 0 Å². The van der Waals surface area contributed by atoms with Crippen molar-refractivity contribution in [1.82, 2.24) is 9.97 Å². The van der Waals surface area contributed by atoms with E-state index in [0.29, 0.717) is 0 Å². The van der Waals surface area contributed by atoms with E-state index in [1.807, 2.05) is 38.1 Å². The Morgan fingerprint density at radius 3 is 2.10 bits per heavy atom. The number of piperazine rings is 1. The van der Waals surface area contributed by atoms with Crippen molar-refractivity contribution in [3.05, 3.63) is 46.7 Å². The molecule has 1 aliphatic rings. The lowest BCUT2D eigenvalue weighted by Crippen LogP contribution is -2.47. The third-order valence-corrected chi connectivity index (χ3v) is 4.05. The molecule has 110 valence electrons. The highest BCUT2D eigenvalue weighted by Crippen LogP contribution is 2.26.